The fourth-order valence-electron chi connectivity index (χ4n) is 9.96. The van der Waals surface area contributed by atoms with Crippen LogP contribution in [0.4, 0.5) is 17.1 Å². The maximum atomic E-state index is 6.37. The quantitative estimate of drug-likeness (QED) is 0.160. The Morgan fingerprint density at radius 2 is 0.656 bits per heavy atom. The van der Waals surface area contributed by atoms with E-state index in [1.165, 1.54) is 38.2 Å². The molecule has 0 bridgehead atoms. The van der Waals surface area contributed by atoms with Crippen molar-refractivity contribution in [3.05, 3.63) is 237 Å². The minimum atomic E-state index is 0.865. The topological polar surface area (TPSA) is 26.2 Å². The maximum absolute atomic E-state index is 6.37. The van der Waals surface area contributed by atoms with Gasteiger partial charge in [0.05, 0.1) is 39.1 Å². The van der Waals surface area contributed by atoms with E-state index in [0.717, 1.165) is 78.0 Å². The maximum Gasteiger partial charge on any atom is 0.135 e. The van der Waals surface area contributed by atoms with Crippen LogP contribution in [0, 0.1) is 0 Å². The van der Waals surface area contributed by atoms with Gasteiger partial charge in [-0.25, -0.2) is 0 Å². The van der Waals surface area contributed by atoms with E-state index >= 15 is 0 Å². The number of para-hydroxylation sites is 5. The summed E-state index contributed by atoms with van der Waals surface area (Å²) in [4.78, 5) is 2.40. The second-order valence-corrected chi connectivity index (χ2v) is 16.6. The van der Waals surface area contributed by atoms with E-state index in [1.807, 2.05) is 12.1 Å². The zero-order chi connectivity index (χ0) is 42.1. The highest BCUT2D eigenvalue weighted by Crippen LogP contribution is 2.43. The summed E-state index contributed by atoms with van der Waals surface area (Å²) in [5.41, 5.74) is 16.4. The average Bonchev–Trinajstić information content (AvgIpc) is 4.02. The second kappa shape index (κ2) is 14.5. The summed E-state index contributed by atoms with van der Waals surface area (Å²) >= 11 is 0. The largest absolute Gasteiger partial charge is 0.456 e. The van der Waals surface area contributed by atoms with Crippen LogP contribution < -0.4 is 4.90 Å². The molecule has 4 heteroatoms. The minimum Gasteiger partial charge on any atom is -0.456 e. The normalized spacial score (nSPS) is 11.8. The number of hydrogen-bond donors (Lipinski definition) is 0. The minimum absolute atomic E-state index is 0.865. The van der Waals surface area contributed by atoms with Gasteiger partial charge in [-0.1, -0.05) is 158 Å². The van der Waals surface area contributed by atoms with Crippen LogP contribution in [0.5, 0.6) is 0 Å². The number of anilines is 3. The van der Waals surface area contributed by atoms with Crippen LogP contribution in [0.15, 0.2) is 241 Å². The molecule has 0 amide bonds. The van der Waals surface area contributed by atoms with E-state index in [9.17, 15) is 0 Å². The molecule has 3 heterocycles. The van der Waals surface area contributed by atoms with Crippen molar-refractivity contribution in [2.24, 2.45) is 0 Å². The molecule has 10 aromatic carbocycles. The molecule has 0 atom stereocenters. The van der Waals surface area contributed by atoms with Crippen molar-refractivity contribution in [1.82, 2.24) is 9.13 Å². The number of rotatable bonds is 7. The SMILES string of the molecule is c1ccc(-c2ccc(-c3ccc(N(c4cc(-n5c6ccccc6c6ccccc65)cc(-n5c6ccccc6c6ccccc65)c4)c4ccc5oc6ccccc6c5c4)cc3)cc2)cc1. The predicted molar refractivity (Wildman–Crippen MR) is 268 cm³/mol. The number of benzene rings is 10. The lowest BCUT2D eigenvalue weighted by Crippen LogP contribution is -2.12. The Bertz CT molecular complexity index is 3650. The smallest absolute Gasteiger partial charge is 0.135 e. The van der Waals surface area contributed by atoms with Crippen molar-refractivity contribution in [3.8, 4) is 33.6 Å². The molecule has 13 rings (SSSR count). The molecule has 0 spiro atoms. The molecule has 3 aromatic heterocycles. The van der Waals surface area contributed by atoms with Gasteiger partial charge >= 0.3 is 0 Å². The lowest BCUT2D eigenvalue weighted by atomic mass is 10.00. The van der Waals surface area contributed by atoms with Crippen LogP contribution in [0.3, 0.4) is 0 Å². The van der Waals surface area contributed by atoms with Crippen molar-refractivity contribution in [3.63, 3.8) is 0 Å². The molecule has 0 aliphatic heterocycles. The third-order valence-electron chi connectivity index (χ3n) is 12.9. The van der Waals surface area contributed by atoms with Gasteiger partial charge < -0.3 is 18.5 Å². The van der Waals surface area contributed by atoms with Crippen LogP contribution in [-0.2, 0) is 0 Å². The van der Waals surface area contributed by atoms with Gasteiger partial charge in [0.15, 0.2) is 0 Å². The number of hydrogen-bond acceptors (Lipinski definition) is 2. The third kappa shape index (κ3) is 5.77. The second-order valence-electron chi connectivity index (χ2n) is 16.6. The molecule has 0 radical (unpaired) electrons. The Morgan fingerprint density at radius 1 is 0.266 bits per heavy atom. The molecule has 0 saturated carbocycles. The monoisotopic (exact) mass is 817 g/mol. The number of nitrogens with zero attached hydrogens (tertiary/aromatic N) is 3. The summed E-state index contributed by atoms with van der Waals surface area (Å²) in [5.74, 6) is 0. The van der Waals surface area contributed by atoms with Crippen molar-refractivity contribution in [2.45, 2.75) is 0 Å². The number of fused-ring (bicyclic) bond motifs is 9. The number of aromatic nitrogens is 2. The first kappa shape index (κ1) is 36.1. The first-order chi connectivity index (χ1) is 31.7. The summed E-state index contributed by atoms with van der Waals surface area (Å²) in [6.45, 7) is 0. The Kier molecular flexibility index (Phi) is 8.18. The van der Waals surface area contributed by atoms with E-state index in [4.69, 9.17) is 4.42 Å². The van der Waals surface area contributed by atoms with Crippen molar-refractivity contribution in [2.75, 3.05) is 4.90 Å². The Morgan fingerprint density at radius 3 is 1.17 bits per heavy atom. The molecule has 0 fully saturated rings. The third-order valence-corrected chi connectivity index (χ3v) is 12.9. The molecule has 300 valence electrons. The summed E-state index contributed by atoms with van der Waals surface area (Å²) < 4.78 is 11.2. The summed E-state index contributed by atoms with van der Waals surface area (Å²) in [6.07, 6.45) is 0. The first-order valence-electron chi connectivity index (χ1n) is 21.8. The van der Waals surface area contributed by atoms with E-state index in [2.05, 4.69) is 238 Å². The van der Waals surface area contributed by atoms with Crippen LogP contribution in [0.2, 0.25) is 0 Å². The van der Waals surface area contributed by atoms with Gasteiger partial charge in [-0.2, -0.15) is 0 Å². The fourth-order valence-corrected chi connectivity index (χ4v) is 9.96. The average molecular weight is 818 g/mol. The lowest BCUT2D eigenvalue weighted by molar-refractivity contribution is 0.669. The number of furan rings is 1. The van der Waals surface area contributed by atoms with Gasteiger partial charge in [0.25, 0.3) is 0 Å². The molecule has 0 saturated heterocycles. The van der Waals surface area contributed by atoms with Crippen LogP contribution in [-0.4, -0.2) is 9.13 Å². The van der Waals surface area contributed by atoms with Crippen LogP contribution in [0.1, 0.15) is 0 Å². The molecule has 4 nitrogen and oxygen atoms in total. The van der Waals surface area contributed by atoms with Gasteiger partial charge in [0.2, 0.25) is 0 Å². The molecule has 0 N–H and O–H groups in total. The van der Waals surface area contributed by atoms with E-state index < -0.39 is 0 Å². The molecule has 13 aromatic rings. The van der Waals surface area contributed by atoms with Crippen molar-refractivity contribution < 1.29 is 4.42 Å². The molecular formula is C60H39N3O. The highest BCUT2D eigenvalue weighted by atomic mass is 16.3. The van der Waals surface area contributed by atoms with Crippen LogP contribution >= 0.6 is 0 Å². The van der Waals surface area contributed by atoms with Gasteiger partial charge in [0, 0.05) is 43.7 Å². The highest BCUT2D eigenvalue weighted by molar-refractivity contribution is 6.11. The molecule has 64 heavy (non-hydrogen) atoms. The van der Waals surface area contributed by atoms with Gasteiger partial charge in [-0.15, -0.1) is 0 Å². The van der Waals surface area contributed by atoms with Crippen molar-refractivity contribution >= 4 is 82.6 Å². The molecule has 0 aliphatic carbocycles. The van der Waals surface area contributed by atoms with E-state index in [-0.39, 0.29) is 0 Å². The highest BCUT2D eigenvalue weighted by Gasteiger charge is 2.21. The van der Waals surface area contributed by atoms with E-state index in [0.29, 0.717) is 0 Å². The Balaban J connectivity index is 1.06. The molecular weight excluding hydrogens is 779 g/mol. The zero-order valence-electron chi connectivity index (χ0n) is 34.8. The fraction of sp³-hybridized carbons (Fsp3) is 0. The summed E-state index contributed by atoms with van der Waals surface area (Å²) in [6, 6.07) is 85.4. The molecule has 0 unspecified atom stereocenters. The summed E-state index contributed by atoms with van der Waals surface area (Å²) in [5, 5.41) is 7.08. The standard InChI is InChI=1S/C60H39N3O/c1-2-14-40(15-3-1)41-26-28-42(29-27-41)43-30-32-44(33-31-43)61(45-34-35-60-54(39-45)53-20-8-13-25-59(53)64-60)46-36-47(62-55-21-9-4-16-49(55)50-17-5-10-22-56(50)62)38-48(37-46)63-57-23-11-6-18-51(57)52-19-7-12-24-58(52)63/h1-39H. The van der Waals surface area contributed by atoms with Crippen molar-refractivity contribution in [1.29, 1.82) is 0 Å². The van der Waals surface area contributed by atoms with Gasteiger partial charge in [0.1, 0.15) is 11.2 Å². The van der Waals surface area contributed by atoms with Gasteiger partial charge in [-0.05, 0) is 101 Å². The first-order valence-corrected chi connectivity index (χ1v) is 21.8. The predicted octanol–water partition coefficient (Wildman–Crippen LogP) is 16.6. The van der Waals surface area contributed by atoms with E-state index in [1.54, 1.807) is 0 Å². The summed E-state index contributed by atoms with van der Waals surface area (Å²) in [7, 11) is 0. The lowest BCUT2D eigenvalue weighted by Gasteiger charge is -2.27. The zero-order valence-corrected chi connectivity index (χ0v) is 34.8. The van der Waals surface area contributed by atoms with Gasteiger partial charge in [-0.3, -0.25) is 0 Å². The Hall–Kier alpha value is -8.60. The molecule has 0 aliphatic rings. The van der Waals surface area contributed by atoms with Crippen LogP contribution in [0.25, 0.3) is 99.2 Å². The Labute approximate surface area is 369 Å².